The van der Waals surface area contributed by atoms with Crippen molar-refractivity contribution in [2.24, 2.45) is 0 Å². The van der Waals surface area contributed by atoms with Crippen LogP contribution in [-0.4, -0.2) is 4.98 Å². The van der Waals surface area contributed by atoms with Crippen molar-refractivity contribution in [1.82, 2.24) is 4.98 Å². The molecule has 0 radical (unpaired) electrons. The number of benzene rings is 1. The third kappa shape index (κ3) is 0.973. The zero-order valence-corrected chi connectivity index (χ0v) is 6.10. The molecule has 4 heteroatoms. The van der Waals surface area contributed by atoms with Crippen molar-refractivity contribution < 1.29 is 8.81 Å². The lowest BCUT2D eigenvalue weighted by Crippen LogP contribution is -1.69. The first kappa shape index (κ1) is 6.61. The van der Waals surface area contributed by atoms with Gasteiger partial charge in [-0.2, -0.15) is 4.98 Å². The van der Waals surface area contributed by atoms with Gasteiger partial charge in [-0.1, -0.05) is 17.7 Å². The zero-order valence-electron chi connectivity index (χ0n) is 5.34. The number of rotatable bonds is 0. The molecule has 0 saturated carbocycles. The molecule has 0 fully saturated rings. The number of fused-ring (bicyclic) bond motifs is 1. The molecule has 11 heavy (non-hydrogen) atoms. The van der Waals surface area contributed by atoms with Gasteiger partial charge in [-0.05, 0) is 12.1 Å². The summed E-state index contributed by atoms with van der Waals surface area (Å²) in [6, 6.07) is 4.92. The van der Waals surface area contributed by atoms with Crippen molar-refractivity contribution in [2.75, 3.05) is 0 Å². The summed E-state index contributed by atoms with van der Waals surface area (Å²) in [7, 11) is 0. The summed E-state index contributed by atoms with van der Waals surface area (Å²) in [5.41, 5.74) is 0.738. The highest BCUT2D eigenvalue weighted by Gasteiger charge is 2.06. The van der Waals surface area contributed by atoms with Gasteiger partial charge < -0.3 is 4.42 Å². The number of nitrogens with zero attached hydrogens (tertiary/aromatic N) is 1. The maximum Gasteiger partial charge on any atom is 0.382 e. The molecule has 0 amide bonds. The first-order valence-corrected chi connectivity index (χ1v) is 3.36. The van der Waals surface area contributed by atoms with Crippen LogP contribution in [0.25, 0.3) is 11.1 Å². The Balaban J connectivity index is 2.90. The van der Waals surface area contributed by atoms with E-state index in [-0.39, 0.29) is 0 Å². The number of aromatic nitrogens is 1. The molecular weight excluding hydrogens is 169 g/mol. The molecule has 0 spiro atoms. The fourth-order valence-electron chi connectivity index (χ4n) is 0.888. The third-order valence-electron chi connectivity index (χ3n) is 1.34. The number of hydrogen-bond acceptors (Lipinski definition) is 2. The van der Waals surface area contributed by atoms with Crippen LogP contribution in [0.3, 0.4) is 0 Å². The normalized spacial score (nSPS) is 10.7. The molecule has 0 aliphatic rings. The summed E-state index contributed by atoms with van der Waals surface area (Å²) in [5.74, 6) is 0. The highest BCUT2D eigenvalue weighted by Crippen LogP contribution is 2.22. The van der Waals surface area contributed by atoms with Gasteiger partial charge in [0.1, 0.15) is 5.52 Å². The minimum Gasteiger partial charge on any atom is -0.415 e. The maximum absolute atomic E-state index is 12.4. The van der Waals surface area contributed by atoms with Gasteiger partial charge in [-0.15, -0.1) is 4.39 Å². The van der Waals surface area contributed by atoms with Crippen LogP contribution in [0.2, 0.25) is 5.02 Å². The van der Waals surface area contributed by atoms with Crippen LogP contribution in [0.1, 0.15) is 0 Å². The van der Waals surface area contributed by atoms with E-state index in [4.69, 9.17) is 11.6 Å². The minimum absolute atomic E-state index is 0.367. The van der Waals surface area contributed by atoms with Crippen LogP contribution in [0, 0.1) is 6.14 Å². The highest BCUT2D eigenvalue weighted by molar-refractivity contribution is 6.34. The van der Waals surface area contributed by atoms with Gasteiger partial charge in [0.2, 0.25) is 0 Å². The molecule has 56 valence electrons. The number of para-hydroxylation sites is 1. The second-order valence-corrected chi connectivity index (χ2v) is 2.46. The quantitative estimate of drug-likeness (QED) is 0.609. The van der Waals surface area contributed by atoms with Gasteiger partial charge >= 0.3 is 6.14 Å². The van der Waals surface area contributed by atoms with Crippen LogP contribution < -0.4 is 0 Å². The van der Waals surface area contributed by atoms with Crippen molar-refractivity contribution in [3.63, 3.8) is 0 Å². The molecule has 0 unspecified atom stereocenters. The molecule has 0 saturated heterocycles. The van der Waals surface area contributed by atoms with Crippen LogP contribution >= 0.6 is 11.6 Å². The monoisotopic (exact) mass is 171 g/mol. The van der Waals surface area contributed by atoms with E-state index in [9.17, 15) is 4.39 Å². The molecule has 1 heterocycles. The van der Waals surface area contributed by atoms with E-state index in [1.54, 1.807) is 18.2 Å². The lowest BCUT2D eigenvalue weighted by Gasteiger charge is -1.86. The Kier molecular flexibility index (Phi) is 1.32. The molecule has 0 N–H and O–H groups in total. The highest BCUT2D eigenvalue weighted by atomic mass is 35.5. The first-order valence-electron chi connectivity index (χ1n) is 2.98. The lowest BCUT2D eigenvalue weighted by atomic mass is 10.3. The van der Waals surface area contributed by atoms with Crippen molar-refractivity contribution in [3.8, 4) is 0 Å². The van der Waals surface area contributed by atoms with Crippen molar-refractivity contribution in [1.29, 1.82) is 0 Å². The van der Waals surface area contributed by atoms with Gasteiger partial charge in [0.25, 0.3) is 0 Å². The van der Waals surface area contributed by atoms with Gasteiger partial charge in [0.05, 0.1) is 5.02 Å². The molecule has 1 aromatic heterocycles. The standard InChI is InChI=1S/C7H3ClFNO/c8-4-2-1-3-5-6(4)10-7(9)11-5/h1-3H. The summed E-state index contributed by atoms with van der Waals surface area (Å²) in [4.78, 5) is 3.45. The van der Waals surface area contributed by atoms with Crippen LogP contribution in [0.15, 0.2) is 22.6 Å². The largest absolute Gasteiger partial charge is 0.415 e. The SMILES string of the molecule is Fc1nc2c(Cl)cccc2o1. The van der Waals surface area contributed by atoms with Crippen LogP contribution in [-0.2, 0) is 0 Å². The fourth-order valence-corrected chi connectivity index (χ4v) is 1.10. The molecular formula is C7H3ClFNO. The smallest absolute Gasteiger partial charge is 0.382 e. The summed E-state index contributed by atoms with van der Waals surface area (Å²) >= 11 is 5.68. The van der Waals surface area contributed by atoms with E-state index in [0.717, 1.165) is 0 Å². The fraction of sp³-hybridized carbons (Fsp3) is 0. The van der Waals surface area contributed by atoms with E-state index in [2.05, 4.69) is 9.40 Å². The summed E-state index contributed by atoms with van der Waals surface area (Å²) < 4.78 is 17.0. The second kappa shape index (κ2) is 2.20. The average molecular weight is 172 g/mol. The Hall–Kier alpha value is -1.09. The van der Waals surface area contributed by atoms with Crippen molar-refractivity contribution >= 4 is 22.7 Å². The first-order chi connectivity index (χ1) is 5.27. The topological polar surface area (TPSA) is 26.0 Å². The number of oxazole rings is 1. The Morgan fingerprint density at radius 3 is 3.00 bits per heavy atom. The zero-order chi connectivity index (χ0) is 7.84. The van der Waals surface area contributed by atoms with Crippen LogP contribution in [0.5, 0.6) is 0 Å². The Morgan fingerprint density at radius 1 is 1.45 bits per heavy atom. The molecule has 0 aliphatic carbocycles. The van der Waals surface area contributed by atoms with Gasteiger partial charge in [0.15, 0.2) is 5.58 Å². The van der Waals surface area contributed by atoms with Crippen molar-refractivity contribution in [2.45, 2.75) is 0 Å². The van der Waals surface area contributed by atoms with E-state index >= 15 is 0 Å². The van der Waals surface area contributed by atoms with Gasteiger partial charge in [0, 0.05) is 0 Å². The molecule has 1 aromatic carbocycles. The third-order valence-corrected chi connectivity index (χ3v) is 1.65. The van der Waals surface area contributed by atoms with E-state index in [1.807, 2.05) is 0 Å². The van der Waals surface area contributed by atoms with E-state index in [1.165, 1.54) is 0 Å². The molecule has 2 rings (SSSR count). The Labute approximate surface area is 66.6 Å². The predicted octanol–water partition coefficient (Wildman–Crippen LogP) is 2.62. The summed E-state index contributed by atoms with van der Waals surface area (Å²) in [6.45, 7) is 0. The van der Waals surface area contributed by atoms with E-state index < -0.39 is 6.14 Å². The number of hydrogen-bond donors (Lipinski definition) is 0. The summed E-state index contributed by atoms with van der Waals surface area (Å²) in [5, 5.41) is 0.398. The predicted molar refractivity (Wildman–Crippen MR) is 39.0 cm³/mol. The maximum atomic E-state index is 12.4. The molecule has 0 bridgehead atoms. The molecule has 2 nitrogen and oxygen atoms in total. The summed E-state index contributed by atoms with van der Waals surface area (Å²) in [6.07, 6.45) is -0.854. The Bertz CT molecular complexity index is 398. The number of halogens is 2. The van der Waals surface area contributed by atoms with E-state index in [0.29, 0.717) is 16.1 Å². The average Bonchev–Trinajstić information content (AvgIpc) is 2.31. The molecule has 2 aromatic rings. The Morgan fingerprint density at radius 2 is 2.27 bits per heavy atom. The lowest BCUT2D eigenvalue weighted by molar-refractivity contribution is 0.355. The van der Waals surface area contributed by atoms with Gasteiger partial charge in [-0.25, -0.2) is 0 Å². The van der Waals surface area contributed by atoms with Crippen molar-refractivity contribution in [3.05, 3.63) is 29.4 Å². The molecule has 0 atom stereocenters. The van der Waals surface area contributed by atoms with Crippen LogP contribution in [0.4, 0.5) is 4.39 Å². The van der Waals surface area contributed by atoms with Gasteiger partial charge in [-0.3, -0.25) is 0 Å². The second-order valence-electron chi connectivity index (χ2n) is 2.05. The minimum atomic E-state index is -0.854. The molecule has 0 aliphatic heterocycles.